The number of nitrogens with zero attached hydrogens (tertiary/aromatic N) is 1. The molecular formula is C13H14N2O3S. The van der Waals surface area contributed by atoms with Gasteiger partial charge in [0.25, 0.3) is 0 Å². The summed E-state index contributed by atoms with van der Waals surface area (Å²) in [5, 5.41) is 23.0. The third kappa shape index (κ3) is 2.93. The van der Waals surface area contributed by atoms with Crippen LogP contribution in [0.1, 0.15) is 31.2 Å². The van der Waals surface area contributed by atoms with Crippen LogP contribution < -0.4 is 5.32 Å². The molecule has 5 nitrogen and oxygen atoms in total. The van der Waals surface area contributed by atoms with E-state index in [1.807, 2.05) is 6.07 Å². The molecule has 1 aliphatic carbocycles. The average Bonchev–Trinajstić information content (AvgIpc) is 2.85. The Bertz CT molecular complexity index is 532. The highest BCUT2D eigenvalue weighted by Gasteiger charge is 2.35. The maximum atomic E-state index is 12.2. The number of hydrogen-bond acceptors (Lipinski definition) is 4. The zero-order valence-corrected chi connectivity index (χ0v) is 11.1. The Morgan fingerprint density at radius 1 is 1.37 bits per heavy atom. The number of carbonyl (C=O) groups excluding carboxylic acids is 1. The average molecular weight is 278 g/mol. The maximum Gasteiger partial charge on any atom is 0.307 e. The van der Waals surface area contributed by atoms with Crippen molar-refractivity contribution in [3.63, 3.8) is 0 Å². The number of carboxylic acids is 1. The second kappa shape index (κ2) is 5.85. The van der Waals surface area contributed by atoms with E-state index >= 15 is 0 Å². The molecule has 0 aliphatic heterocycles. The topological polar surface area (TPSA) is 90.2 Å². The second-order valence-corrected chi connectivity index (χ2v) is 5.52. The van der Waals surface area contributed by atoms with Gasteiger partial charge in [0.05, 0.1) is 17.4 Å². The monoisotopic (exact) mass is 278 g/mol. The molecule has 0 aromatic carbocycles. The molecule has 6 heteroatoms. The van der Waals surface area contributed by atoms with Crippen LogP contribution in [0.4, 0.5) is 5.00 Å². The number of amides is 1. The van der Waals surface area contributed by atoms with Gasteiger partial charge in [0.2, 0.25) is 5.91 Å². The van der Waals surface area contributed by atoms with Crippen LogP contribution in [0, 0.1) is 23.2 Å². The first-order valence-electron chi connectivity index (χ1n) is 6.14. The zero-order chi connectivity index (χ0) is 13.8. The molecule has 0 bridgehead atoms. The number of carbonyl (C=O) groups is 2. The molecule has 1 aromatic rings. The van der Waals surface area contributed by atoms with Gasteiger partial charge in [-0.15, -0.1) is 11.3 Å². The summed E-state index contributed by atoms with van der Waals surface area (Å²) in [6.07, 6.45) is 2.86. The molecule has 1 heterocycles. The molecule has 100 valence electrons. The van der Waals surface area contributed by atoms with Gasteiger partial charge < -0.3 is 10.4 Å². The van der Waals surface area contributed by atoms with Crippen molar-refractivity contribution in [2.75, 3.05) is 5.32 Å². The third-order valence-corrected chi connectivity index (χ3v) is 4.27. The number of nitriles is 1. The summed E-state index contributed by atoms with van der Waals surface area (Å²) in [7, 11) is 0. The molecule has 1 amide bonds. The minimum Gasteiger partial charge on any atom is -0.481 e. The van der Waals surface area contributed by atoms with E-state index in [0.717, 1.165) is 12.8 Å². The summed E-state index contributed by atoms with van der Waals surface area (Å²) in [5.41, 5.74) is 0.418. The van der Waals surface area contributed by atoms with Gasteiger partial charge in [-0.2, -0.15) is 5.26 Å². The fraction of sp³-hybridized carbons (Fsp3) is 0.462. The minimum absolute atomic E-state index is 0.286. The summed E-state index contributed by atoms with van der Waals surface area (Å²) in [5.74, 6) is -2.31. The van der Waals surface area contributed by atoms with Crippen molar-refractivity contribution in [2.45, 2.75) is 25.7 Å². The molecule has 0 saturated heterocycles. The zero-order valence-electron chi connectivity index (χ0n) is 10.3. The molecule has 1 saturated carbocycles. The first-order valence-corrected chi connectivity index (χ1v) is 7.02. The molecule has 0 spiro atoms. The number of nitrogens with one attached hydrogen (secondary N) is 1. The summed E-state index contributed by atoms with van der Waals surface area (Å²) in [6.45, 7) is 0. The molecule has 2 atom stereocenters. The first kappa shape index (κ1) is 13.6. The minimum atomic E-state index is -0.911. The predicted molar refractivity (Wildman–Crippen MR) is 70.7 cm³/mol. The van der Waals surface area contributed by atoms with Crippen molar-refractivity contribution in [2.24, 2.45) is 11.8 Å². The van der Waals surface area contributed by atoms with Gasteiger partial charge in [-0.25, -0.2) is 0 Å². The number of anilines is 1. The normalized spacial score (nSPS) is 22.5. The van der Waals surface area contributed by atoms with E-state index in [0.29, 0.717) is 23.4 Å². The van der Waals surface area contributed by atoms with E-state index in [1.54, 1.807) is 11.4 Å². The molecule has 2 rings (SSSR count). The van der Waals surface area contributed by atoms with Gasteiger partial charge >= 0.3 is 5.97 Å². The highest BCUT2D eigenvalue weighted by molar-refractivity contribution is 7.14. The van der Waals surface area contributed by atoms with Crippen LogP contribution in [0.2, 0.25) is 0 Å². The van der Waals surface area contributed by atoms with Crippen molar-refractivity contribution in [1.29, 1.82) is 5.26 Å². The van der Waals surface area contributed by atoms with Crippen LogP contribution in [0.25, 0.3) is 0 Å². The Morgan fingerprint density at radius 2 is 2.05 bits per heavy atom. The van der Waals surface area contributed by atoms with E-state index in [-0.39, 0.29) is 5.91 Å². The largest absolute Gasteiger partial charge is 0.481 e. The van der Waals surface area contributed by atoms with E-state index < -0.39 is 17.8 Å². The molecule has 0 radical (unpaired) electrons. The van der Waals surface area contributed by atoms with Crippen LogP contribution in [-0.2, 0) is 9.59 Å². The summed E-state index contributed by atoms with van der Waals surface area (Å²) < 4.78 is 0. The number of thiophene rings is 1. The Hall–Kier alpha value is -1.87. The number of aliphatic carboxylic acids is 1. The Morgan fingerprint density at radius 3 is 2.68 bits per heavy atom. The molecule has 2 unspecified atom stereocenters. The molecule has 2 N–H and O–H groups in total. The highest BCUT2D eigenvalue weighted by Crippen LogP contribution is 2.32. The van der Waals surface area contributed by atoms with Crippen molar-refractivity contribution in [1.82, 2.24) is 0 Å². The SMILES string of the molecule is N#Cc1ccsc1NC(=O)C1CCCCC1C(=O)O. The lowest BCUT2D eigenvalue weighted by molar-refractivity contribution is -0.147. The van der Waals surface area contributed by atoms with Crippen molar-refractivity contribution >= 4 is 28.2 Å². The van der Waals surface area contributed by atoms with Gasteiger partial charge in [0.1, 0.15) is 11.1 Å². The Kier molecular flexibility index (Phi) is 4.17. The predicted octanol–water partition coefficient (Wildman–Crippen LogP) is 2.45. The summed E-state index contributed by atoms with van der Waals surface area (Å²) in [6, 6.07) is 3.63. The lowest BCUT2D eigenvalue weighted by Gasteiger charge is -2.27. The lowest BCUT2D eigenvalue weighted by atomic mass is 9.79. The van der Waals surface area contributed by atoms with E-state index in [4.69, 9.17) is 10.4 Å². The van der Waals surface area contributed by atoms with E-state index in [9.17, 15) is 9.59 Å². The van der Waals surface area contributed by atoms with E-state index in [2.05, 4.69) is 5.32 Å². The van der Waals surface area contributed by atoms with Crippen molar-refractivity contribution < 1.29 is 14.7 Å². The fourth-order valence-electron chi connectivity index (χ4n) is 2.44. The number of hydrogen-bond donors (Lipinski definition) is 2. The van der Waals surface area contributed by atoms with Gasteiger partial charge in [-0.3, -0.25) is 9.59 Å². The van der Waals surface area contributed by atoms with Gasteiger partial charge in [-0.05, 0) is 24.3 Å². The van der Waals surface area contributed by atoms with Crippen molar-refractivity contribution in [3.05, 3.63) is 17.0 Å². The Balaban J connectivity index is 2.10. The summed E-state index contributed by atoms with van der Waals surface area (Å²) in [4.78, 5) is 23.3. The van der Waals surface area contributed by atoms with Crippen LogP contribution >= 0.6 is 11.3 Å². The van der Waals surface area contributed by atoms with Gasteiger partial charge in [-0.1, -0.05) is 12.8 Å². The van der Waals surface area contributed by atoms with Gasteiger partial charge in [0, 0.05) is 0 Å². The van der Waals surface area contributed by atoms with Crippen LogP contribution in [-0.4, -0.2) is 17.0 Å². The van der Waals surface area contributed by atoms with Crippen LogP contribution in [0.5, 0.6) is 0 Å². The molecule has 19 heavy (non-hydrogen) atoms. The molecular weight excluding hydrogens is 264 g/mol. The summed E-state index contributed by atoms with van der Waals surface area (Å²) >= 11 is 1.27. The molecule has 1 fully saturated rings. The van der Waals surface area contributed by atoms with Gasteiger partial charge in [0.15, 0.2) is 0 Å². The Labute approximate surface area is 114 Å². The second-order valence-electron chi connectivity index (χ2n) is 4.60. The fourth-order valence-corrected chi connectivity index (χ4v) is 3.18. The van der Waals surface area contributed by atoms with Crippen molar-refractivity contribution in [3.8, 4) is 6.07 Å². The highest BCUT2D eigenvalue weighted by atomic mass is 32.1. The van der Waals surface area contributed by atoms with Crippen LogP contribution in [0.3, 0.4) is 0 Å². The smallest absolute Gasteiger partial charge is 0.307 e. The molecule has 1 aromatic heterocycles. The first-order chi connectivity index (χ1) is 9.13. The molecule has 1 aliphatic rings. The maximum absolute atomic E-state index is 12.2. The number of rotatable bonds is 3. The standard InChI is InChI=1S/C13H14N2O3S/c14-7-8-5-6-19-12(8)15-11(16)9-3-1-2-4-10(9)13(17)18/h5-6,9-10H,1-4H2,(H,15,16)(H,17,18). The third-order valence-electron chi connectivity index (χ3n) is 3.44. The lowest BCUT2D eigenvalue weighted by Crippen LogP contribution is -2.36. The van der Waals surface area contributed by atoms with E-state index in [1.165, 1.54) is 11.3 Å². The quantitative estimate of drug-likeness (QED) is 0.888. The van der Waals surface area contributed by atoms with Crippen LogP contribution in [0.15, 0.2) is 11.4 Å². The number of carboxylic acid groups (broad SMARTS) is 1.